The molecule has 0 atom stereocenters. The van der Waals surface area contributed by atoms with Gasteiger partial charge in [0, 0.05) is 37.2 Å². The van der Waals surface area contributed by atoms with Crippen molar-refractivity contribution in [2.75, 3.05) is 33.5 Å². The third-order valence-corrected chi connectivity index (χ3v) is 5.77. The van der Waals surface area contributed by atoms with E-state index in [1.165, 1.54) is 5.82 Å². The monoisotopic (exact) mass is 407 g/mol. The molecule has 1 N–H and O–H groups in total. The maximum absolute atomic E-state index is 5.56. The number of aromatic nitrogens is 3. The van der Waals surface area contributed by atoms with E-state index in [2.05, 4.69) is 31.0 Å². The Balaban J connectivity index is 0.00000192. The first-order valence-electron chi connectivity index (χ1n) is 9.63. The summed E-state index contributed by atoms with van der Waals surface area (Å²) < 4.78 is 18.9. The van der Waals surface area contributed by atoms with Crippen molar-refractivity contribution in [1.29, 1.82) is 0 Å². The summed E-state index contributed by atoms with van der Waals surface area (Å²) in [6.45, 7) is 6.04. The molecule has 1 saturated heterocycles. The van der Waals surface area contributed by atoms with Gasteiger partial charge in [0.15, 0.2) is 11.5 Å². The fraction of sp³-hybridized carbons (Fsp3) is 0.579. The molecule has 0 bridgehead atoms. The minimum atomic E-state index is 0. The van der Waals surface area contributed by atoms with Gasteiger partial charge in [-0.1, -0.05) is 0 Å². The highest BCUT2D eigenvalue weighted by Gasteiger charge is 2.28. The van der Waals surface area contributed by atoms with Gasteiger partial charge < -0.3 is 24.1 Å². The van der Waals surface area contributed by atoms with Crippen molar-refractivity contribution in [1.82, 2.24) is 25.0 Å². The number of fused-ring (bicyclic) bond motifs is 2. The zero-order valence-corrected chi connectivity index (χ0v) is 16.8. The predicted octanol–water partition coefficient (Wildman–Crippen LogP) is 1.92. The first-order valence-corrected chi connectivity index (χ1v) is 9.63. The second-order valence-electron chi connectivity index (χ2n) is 7.37. The van der Waals surface area contributed by atoms with E-state index in [0.717, 1.165) is 80.7 Å². The summed E-state index contributed by atoms with van der Waals surface area (Å²) in [5.41, 5.74) is 1.14. The van der Waals surface area contributed by atoms with Gasteiger partial charge in [-0.2, -0.15) is 0 Å². The predicted molar refractivity (Wildman–Crippen MR) is 105 cm³/mol. The second kappa shape index (κ2) is 8.14. The van der Waals surface area contributed by atoms with Crippen molar-refractivity contribution in [3.8, 4) is 17.2 Å². The first kappa shape index (κ1) is 19.3. The van der Waals surface area contributed by atoms with Crippen molar-refractivity contribution in [2.24, 2.45) is 0 Å². The van der Waals surface area contributed by atoms with Crippen LogP contribution in [0.1, 0.15) is 36.0 Å². The van der Waals surface area contributed by atoms with E-state index in [-0.39, 0.29) is 19.2 Å². The van der Waals surface area contributed by atoms with E-state index < -0.39 is 0 Å². The van der Waals surface area contributed by atoms with Crippen molar-refractivity contribution in [2.45, 2.75) is 38.4 Å². The van der Waals surface area contributed by atoms with Gasteiger partial charge in [-0.05, 0) is 32.0 Å². The zero-order valence-electron chi connectivity index (χ0n) is 16.0. The number of likely N-dealkylation sites (tertiary alicyclic amines) is 1. The van der Waals surface area contributed by atoms with E-state index >= 15 is 0 Å². The molecule has 1 aromatic carbocycles. The highest BCUT2D eigenvalue weighted by Crippen LogP contribution is 2.39. The Morgan fingerprint density at radius 2 is 1.93 bits per heavy atom. The van der Waals surface area contributed by atoms with Crippen molar-refractivity contribution in [3.63, 3.8) is 0 Å². The molecule has 0 radical (unpaired) electrons. The molecule has 9 heteroatoms. The molecule has 0 unspecified atom stereocenters. The Labute approximate surface area is 170 Å². The van der Waals surface area contributed by atoms with Crippen LogP contribution in [0.3, 0.4) is 0 Å². The van der Waals surface area contributed by atoms with E-state index in [0.29, 0.717) is 5.92 Å². The third-order valence-electron chi connectivity index (χ3n) is 5.77. The van der Waals surface area contributed by atoms with Crippen LogP contribution in [0.5, 0.6) is 17.2 Å². The molecule has 0 saturated carbocycles. The number of ether oxygens (including phenoxy) is 3. The van der Waals surface area contributed by atoms with Crippen LogP contribution in [-0.2, 0) is 19.6 Å². The van der Waals surface area contributed by atoms with Gasteiger partial charge in [-0.15, -0.1) is 22.6 Å². The summed E-state index contributed by atoms with van der Waals surface area (Å²) in [6, 6.07) is 3.98. The van der Waals surface area contributed by atoms with Gasteiger partial charge in [0.2, 0.25) is 6.79 Å². The fourth-order valence-corrected chi connectivity index (χ4v) is 4.29. The number of benzene rings is 1. The van der Waals surface area contributed by atoms with Crippen LogP contribution >= 0.6 is 12.4 Å². The lowest BCUT2D eigenvalue weighted by molar-refractivity contribution is 0.173. The van der Waals surface area contributed by atoms with Crippen LogP contribution in [0.2, 0.25) is 0 Å². The Morgan fingerprint density at radius 3 is 2.71 bits per heavy atom. The average Bonchev–Trinajstić information content (AvgIpc) is 3.34. The summed E-state index contributed by atoms with van der Waals surface area (Å²) in [5.74, 6) is 5.18. The molecule has 1 aromatic heterocycles. The van der Waals surface area contributed by atoms with Gasteiger partial charge in [0.1, 0.15) is 17.4 Å². The van der Waals surface area contributed by atoms with Crippen molar-refractivity contribution >= 4 is 12.4 Å². The second-order valence-corrected chi connectivity index (χ2v) is 7.37. The lowest BCUT2D eigenvalue weighted by atomic mass is 9.95. The van der Waals surface area contributed by atoms with Crippen LogP contribution in [0.25, 0.3) is 0 Å². The highest BCUT2D eigenvalue weighted by atomic mass is 35.5. The molecule has 3 aliphatic rings. The molecule has 0 spiro atoms. The minimum Gasteiger partial charge on any atom is -0.496 e. The summed E-state index contributed by atoms with van der Waals surface area (Å²) in [5, 5.41) is 12.2. The van der Waals surface area contributed by atoms with Crippen LogP contribution in [0, 0.1) is 0 Å². The number of hydrogen-bond acceptors (Lipinski definition) is 7. The van der Waals surface area contributed by atoms with E-state index in [1.807, 2.05) is 6.07 Å². The summed E-state index contributed by atoms with van der Waals surface area (Å²) in [7, 11) is 1.70. The fourth-order valence-electron chi connectivity index (χ4n) is 4.29. The standard InChI is InChI=1S/C19H25N5O3.ClH/c1-25-15-9-17-16(26-12-27-17)8-14(15)11-23-5-2-13(3-6-23)19-22-21-18-10-20-4-7-24(18)19;/h8-9,13,20H,2-7,10-12H2,1H3;1H. The van der Waals surface area contributed by atoms with E-state index in [9.17, 15) is 0 Å². The quantitative estimate of drug-likeness (QED) is 0.829. The topological polar surface area (TPSA) is 73.7 Å². The summed E-state index contributed by atoms with van der Waals surface area (Å²) in [4.78, 5) is 2.48. The number of piperidine rings is 1. The number of hydrogen-bond donors (Lipinski definition) is 1. The van der Waals surface area contributed by atoms with Gasteiger partial charge in [0.25, 0.3) is 0 Å². The number of rotatable bonds is 4. The SMILES string of the molecule is COc1cc2c(cc1CN1CCC(c3nnc4n3CCNC4)CC1)OCO2.Cl. The maximum Gasteiger partial charge on any atom is 0.231 e. The summed E-state index contributed by atoms with van der Waals surface area (Å²) in [6.07, 6.45) is 2.22. The molecule has 8 nitrogen and oxygen atoms in total. The van der Waals surface area contributed by atoms with Gasteiger partial charge >= 0.3 is 0 Å². The zero-order chi connectivity index (χ0) is 18.2. The van der Waals surface area contributed by atoms with Gasteiger partial charge in [0.05, 0.1) is 13.7 Å². The molecule has 0 amide bonds. The van der Waals surface area contributed by atoms with Crippen LogP contribution < -0.4 is 19.5 Å². The third kappa shape index (κ3) is 3.52. The number of halogens is 1. The molecule has 152 valence electrons. The van der Waals surface area contributed by atoms with Crippen LogP contribution in [0.4, 0.5) is 0 Å². The average molecular weight is 408 g/mol. The van der Waals surface area contributed by atoms with E-state index in [4.69, 9.17) is 14.2 Å². The van der Waals surface area contributed by atoms with Crippen LogP contribution in [0.15, 0.2) is 12.1 Å². The minimum absolute atomic E-state index is 0. The van der Waals surface area contributed by atoms with Gasteiger partial charge in [-0.3, -0.25) is 4.90 Å². The molecule has 4 heterocycles. The van der Waals surface area contributed by atoms with Crippen LogP contribution in [-0.4, -0.2) is 53.2 Å². The first-order chi connectivity index (χ1) is 13.3. The lowest BCUT2D eigenvalue weighted by Crippen LogP contribution is -2.34. The molecule has 1 fully saturated rings. The maximum atomic E-state index is 5.56. The number of nitrogens with one attached hydrogen (secondary N) is 1. The molecule has 2 aromatic rings. The molecule has 3 aliphatic heterocycles. The Bertz CT molecular complexity index is 835. The molecule has 28 heavy (non-hydrogen) atoms. The molecule has 5 rings (SSSR count). The number of methoxy groups -OCH3 is 1. The van der Waals surface area contributed by atoms with Crippen molar-refractivity contribution in [3.05, 3.63) is 29.3 Å². The Hall–Kier alpha value is -2.03. The molecule has 0 aliphatic carbocycles. The smallest absolute Gasteiger partial charge is 0.231 e. The van der Waals surface area contributed by atoms with Crippen molar-refractivity contribution < 1.29 is 14.2 Å². The summed E-state index contributed by atoms with van der Waals surface area (Å²) >= 11 is 0. The van der Waals surface area contributed by atoms with Gasteiger partial charge in [-0.25, -0.2) is 0 Å². The van der Waals surface area contributed by atoms with E-state index in [1.54, 1.807) is 7.11 Å². The molecular formula is C19H26ClN5O3. The Morgan fingerprint density at radius 1 is 1.14 bits per heavy atom. The normalized spacial score (nSPS) is 19.2. The Kier molecular flexibility index (Phi) is 5.61. The lowest BCUT2D eigenvalue weighted by Gasteiger charge is -2.32. The number of nitrogens with zero attached hydrogens (tertiary/aromatic N) is 4. The molecular weight excluding hydrogens is 382 g/mol. The highest BCUT2D eigenvalue weighted by molar-refractivity contribution is 5.85. The largest absolute Gasteiger partial charge is 0.496 e.